The van der Waals surface area contributed by atoms with Crippen molar-refractivity contribution in [3.63, 3.8) is 0 Å². The van der Waals surface area contributed by atoms with Crippen molar-refractivity contribution in [3.8, 4) is 0 Å². The molecule has 0 saturated carbocycles. The Morgan fingerprint density at radius 2 is 2.00 bits per heavy atom. The van der Waals surface area contributed by atoms with E-state index in [-0.39, 0.29) is 37.0 Å². The lowest BCUT2D eigenvalue weighted by Crippen LogP contribution is -2.26. The molecule has 0 aliphatic heterocycles. The van der Waals surface area contributed by atoms with Crippen LogP contribution in [0.25, 0.3) is 0 Å². The molecule has 0 fully saturated rings. The monoisotopic (exact) mass is 271 g/mol. The summed E-state index contributed by atoms with van der Waals surface area (Å²) in [5.74, 6) is -0.608. The van der Waals surface area contributed by atoms with Crippen LogP contribution in [0.5, 0.6) is 0 Å². The molecule has 0 aliphatic carbocycles. The van der Waals surface area contributed by atoms with Gasteiger partial charge in [-0.1, -0.05) is 13.5 Å². The molecule has 0 spiro atoms. The number of carbonyl (C=O) groups excluding carboxylic acids is 2. The fourth-order valence-corrected chi connectivity index (χ4v) is 1.26. The number of hydrogen-bond donors (Lipinski definition) is 1. The number of carbonyl (C=O) groups is 2. The summed E-state index contributed by atoms with van der Waals surface area (Å²) in [5, 5.41) is 2.52. The van der Waals surface area contributed by atoms with E-state index in [1.54, 1.807) is 0 Å². The number of rotatable bonds is 10. The number of amides is 1. The van der Waals surface area contributed by atoms with Crippen LogP contribution in [0.1, 0.15) is 40.0 Å². The first-order valence-corrected chi connectivity index (χ1v) is 6.70. The molecule has 1 N–H and O–H groups in total. The van der Waals surface area contributed by atoms with E-state index in [2.05, 4.69) is 18.8 Å². The smallest absolute Gasteiger partial charge is 0.307 e. The minimum atomic E-state index is -0.319. The highest BCUT2D eigenvalue weighted by molar-refractivity contribution is 5.87. The average molecular weight is 271 g/mol. The first-order chi connectivity index (χ1) is 8.99. The lowest BCUT2D eigenvalue weighted by molar-refractivity contribution is -0.149. The molecule has 1 amide bonds. The Hall–Kier alpha value is -1.36. The molecule has 0 aromatic carbocycles. The van der Waals surface area contributed by atoms with Crippen molar-refractivity contribution in [2.45, 2.75) is 52.2 Å². The molecule has 5 heteroatoms. The average Bonchev–Trinajstić information content (AvgIpc) is 2.37. The molecule has 5 nitrogen and oxygen atoms in total. The van der Waals surface area contributed by atoms with E-state index in [1.165, 1.54) is 6.08 Å². The van der Waals surface area contributed by atoms with Crippen LogP contribution in [0, 0.1) is 0 Å². The molecule has 0 bridgehead atoms. The highest BCUT2D eigenvalue weighted by Gasteiger charge is 2.10. The van der Waals surface area contributed by atoms with E-state index < -0.39 is 0 Å². The summed E-state index contributed by atoms with van der Waals surface area (Å²) in [5.41, 5.74) is 0. The molecule has 0 aliphatic rings. The zero-order chi connectivity index (χ0) is 14.7. The minimum Gasteiger partial charge on any atom is -0.463 e. The second-order valence-electron chi connectivity index (χ2n) is 4.42. The Morgan fingerprint density at radius 1 is 1.32 bits per heavy atom. The van der Waals surface area contributed by atoms with Gasteiger partial charge in [-0.05, 0) is 26.3 Å². The van der Waals surface area contributed by atoms with Crippen molar-refractivity contribution in [1.29, 1.82) is 0 Å². The van der Waals surface area contributed by atoms with Crippen LogP contribution in [0.15, 0.2) is 12.7 Å². The molecule has 2 atom stereocenters. The first-order valence-electron chi connectivity index (χ1n) is 6.70. The van der Waals surface area contributed by atoms with E-state index in [0.717, 1.165) is 6.42 Å². The van der Waals surface area contributed by atoms with Crippen LogP contribution in [-0.2, 0) is 19.1 Å². The summed E-state index contributed by atoms with van der Waals surface area (Å²) >= 11 is 0. The third-order valence-corrected chi connectivity index (χ3v) is 2.65. The van der Waals surface area contributed by atoms with Crippen molar-refractivity contribution >= 4 is 11.9 Å². The van der Waals surface area contributed by atoms with E-state index >= 15 is 0 Å². The van der Waals surface area contributed by atoms with Gasteiger partial charge in [0.05, 0.1) is 19.1 Å². The predicted octanol–water partition coefficient (Wildman–Crippen LogP) is 1.82. The summed E-state index contributed by atoms with van der Waals surface area (Å²) in [6, 6.07) is 0. The molecular weight excluding hydrogens is 246 g/mol. The highest BCUT2D eigenvalue weighted by atomic mass is 16.5. The number of esters is 1. The van der Waals surface area contributed by atoms with Crippen LogP contribution in [0.2, 0.25) is 0 Å². The molecule has 110 valence electrons. The standard InChI is InChI=1S/C14H25NO4/c1-5-11(3)18-10-8-12(4)19-14(17)7-9-15-13(16)6-2/h6,11-12H,2,5,7-10H2,1,3-4H3,(H,15,16). The van der Waals surface area contributed by atoms with E-state index in [0.29, 0.717) is 13.0 Å². The molecule has 0 rings (SSSR count). The van der Waals surface area contributed by atoms with E-state index in [1.807, 2.05) is 13.8 Å². The third-order valence-electron chi connectivity index (χ3n) is 2.65. The van der Waals surface area contributed by atoms with Crippen LogP contribution >= 0.6 is 0 Å². The Kier molecular flexibility index (Phi) is 9.80. The van der Waals surface area contributed by atoms with Crippen LogP contribution in [-0.4, -0.2) is 37.2 Å². The van der Waals surface area contributed by atoms with Gasteiger partial charge >= 0.3 is 5.97 Å². The van der Waals surface area contributed by atoms with Gasteiger partial charge in [-0.3, -0.25) is 9.59 Å². The number of ether oxygens (including phenoxy) is 2. The second kappa shape index (κ2) is 10.6. The lowest BCUT2D eigenvalue weighted by Gasteiger charge is -2.15. The molecule has 19 heavy (non-hydrogen) atoms. The maximum Gasteiger partial charge on any atom is 0.307 e. The molecule has 0 aromatic rings. The predicted molar refractivity (Wildman–Crippen MR) is 73.7 cm³/mol. The van der Waals surface area contributed by atoms with Gasteiger partial charge in [-0.25, -0.2) is 0 Å². The SMILES string of the molecule is C=CC(=O)NCCC(=O)OC(C)CCOC(C)CC. The summed E-state index contributed by atoms with van der Waals surface area (Å²) in [6.07, 6.45) is 3.03. The fourth-order valence-electron chi connectivity index (χ4n) is 1.26. The van der Waals surface area contributed by atoms with Crippen molar-refractivity contribution in [2.24, 2.45) is 0 Å². The van der Waals surface area contributed by atoms with Gasteiger partial charge in [-0.15, -0.1) is 0 Å². The first kappa shape index (κ1) is 17.6. The summed E-state index contributed by atoms with van der Waals surface area (Å²) < 4.78 is 10.7. The second-order valence-corrected chi connectivity index (χ2v) is 4.42. The molecule has 0 aromatic heterocycles. The number of hydrogen-bond acceptors (Lipinski definition) is 4. The molecule has 0 heterocycles. The van der Waals surface area contributed by atoms with Crippen LogP contribution < -0.4 is 5.32 Å². The van der Waals surface area contributed by atoms with Crippen molar-refractivity contribution < 1.29 is 19.1 Å². The van der Waals surface area contributed by atoms with Gasteiger partial charge in [0, 0.05) is 13.0 Å². The van der Waals surface area contributed by atoms with Gasteiger partial charge in [0.25, 0.3) is 0 Å². The molecule has 0 radical (unpaired) electrons. The quantitative estimate of drug-likeness (QED) is 0.486. The van der Waals surface area contributed by atoms with Gasteiger partial charge in [0.15, 0.2) is 0 Å². The maximum atomic E-state index is 11.4. The highest BCUT2D eigenvalue weighted by Crippen LogP contribution is 2.03. The van der Waals surface area contributed by atoms with E-state index in [4.69, 9.17) is 9.47 Å². The van der Waals surface area contributed by atoms with E-state index in [9.17, 15) is 9.59 Å². The zero-order valence-corrected chi connectivity index (χ0v) is 12.1. The number of nitrogens with one attached hydrogen (secondary N) is 1. The Bertz CT molecular complexity index is 291. The molecular formula is C14H25NO4. The maximum absolute atomic E-state index is 11.4. The summed E-state index contributed by atoms with van der Waals surface area (Å²) in [7, 11) is 0. The van der Waals surface area contributed by atoms with Crippen molar-refractivity contribution in [3.05, 3.63) is 12.7 Å². The third kappa shape index (κ3) is 10.3. The van der Waals surface area contributed by atoms with Crippen molar-refractivity contribution in [1.82, 2.24) is 5.32 Å². The minimum absolute atomic E-state index is 0.163. The van der Waals surface area contributed by atoms with Crippen molar-refractivity contribution in [2.75, 3.05) is 13.2 Å². The largest absolute Gasteiger partial charge is 0.463 e. The zero-order valence-electron chi connectivity index (χ0n) is 12.1. The van der Waals surface area contributed by atoms with Gasteiger partial charge in [0.1, 0.15) is 6.10 Å². The fraction of sp³-hybridized carbons (Fsp3) is 0.714. The van der Waals surface area contributed by atoms with Gasteiger partial charge < -0.3 is 14.8 Å². The van der Waals surface area contributed by atoms with Gasteiger partial charge in [0.2, 0.25) is 5.91 Å². The summed E-state index contributed by atoms with van der Waals surface area (Å²) in [4.78, 5) is 22.3. The normalized spacial score (nSPS) is 13.4. The Balaban J connectivity index is 3.63. The topological polar surface area (TPSA) is 64.6 Å². The lowest BCUT2D eigenvalue weighted by atomic mass is 10.3. The van der Waals surface area contributed by atoms with Crippen LogP contribution in [0.4, 0.5) is 0 Å². The molecule has 0 saturated heterocycles. The van der Waals surface area contributed by atoms with Gasteiger partial charge in [-0.2, -0.15) is 0 Å². The van der Waals surface area contributed by atoms with Crippen LogP contribution in [0.3, 0.4) is 0 Å². The summed E-state index contributed by atoms with van der Waals surface area (Å²) in [6.45, 7) is 10.1. The Morgan fingerprint density at radius 3 is 2.58 bits per heavy atom. The Labute approximate surface area is 115 Å². The molecule has 2 unspecified atom stereocenters.